The topological polar surface area (TPSA) is 43.1 Å². The molecule has 0 aliphatic heterocycles. The van der Waals surface area contributed by atoms with Crippen LogP contribution in [0, 0.1) is 6.92 Å². The molecule has 3 rings (SSSR count). The number of furan rings is 1. The molecule has 0 bridgehead atoms. The van der Waals surface area contributed by atoms with Crippen molar-refractivity contribution in [1.82, 2.24) is 4.98 Å². The molecule has 0 fully saturated rings. The quantitative estimate of drug-likeness (QED) is 0.661. The van der Waals surface area contributed by atoms with E-state index in [9.17, 15) is 4.79 Å². The minimum Gasteiger partial charge on any atom is -0.453 e. The van der Waals surface area contributed by atoms with E-state index in [2.05, 4.69) is 4.98 Å². The highest BCUT2D eigenvalue weighted by molar-refractivity contribution is 6.31. The summed E-state index contributed by atoms with van der Waals surface area (Å²) in [7, 11) is 0. The van der Waals surface area contributed by atoms with E-state index in [0.717, 1.165) is 11.1 Å². The van der Waals surface area contributed by atoms with Crippen molar-refractivity contribution in [3.63, 3.8) is 0 Å². The van der Waals surface area contributed by atoms with Crippen molar-refractivity contribution in [2.45, 2.75) is 6.92 Å². The molecule has 0 spiro atoms. The van der Waals surface area contributed by atoms with Crippen molar-refractivity contribution in [3.05, 3.63) is 64.6 Å². The van der Waals surface area contributed by atoms with Crippen LogP contribution in [0.15, 0.2) is 47.0 Å². The highest BCUT2D eigenvalue weighted by Crippen LogP contribution is 2.24. The molecule has 0 atom stereocenters. The van der Waals surface area contributed by atoms with Crippen LogP contribution in [-0.4, -0.2) is 10.8 Å². The molecule has 0 amide bonds. The standard InChI is InChI=1S/C15H10ClNO2/c1-9-2-3-10(8-17-9)15(18)14-7-11-6-12(16)4-5-13(11)19-14/h2-8H,1H3. The largest absolute Gasteiger partial charge is 0.453 e. The summed E-state index contributed by atoms with van der Waals surface area (Å²) < 4.78 is 5.53. The van der Waals surface area contributed by atoms with Gasteiger partial charge in [0.2, 0.25) is 5.78 Å². The zero-order valence-electron chi connectivity index (χ0n) is 10.2. The Morgan fingerprint density at radius 2 is 2.05 bits per heavy atom. The average Bonchev–Trinajstić information content (AvgIpc) is 2.81. The Morgan fingerprint density at radius 1 is 1.21 bits per heavy atom. The number of aromatic nitrogens is 1. The number of carbonyl (C=O) groups is 1. The first kappa shape index (κ1) is 11.9. The van der Waals surface area contributed by atoms with Crippen molar-refractivity contribution in [2.24, 2.45) is 0 Å². The number of hydrogen-bond donors (Lipinski definition) is 0. The van der Waals surface area contributed by atoms with Gasteiger partial charge < -0.3 is 4.42 Å². The molecule has 0 aliphatic carbocycles. The molecule has 3 aromatic rings. The van der Waals surface area contributed by atoms with Crippen molar-refractivity contribution < 1.29 is 9.21 Å². The van der Waals surface area contributed by atoms with E-state index in [4.69, 9.17) is 16.0 Å². The maximum Gasteiger partial charge on any atom is 0.229 e. The zero-order chi connectivity index (χ0) is 13.4. The molecule has 2 aromatic heterocycles. The second-order valence-electron chi connectivity index (χ2n) is 4.31. The Hall–Kier alpha value is -2.13. The van der Waals surface area contributed by atoms with Crippen molar-refractivity contribution >= 4 is 28.4 Å². The Balaban J connectivity index is 2.04. The molecule has 2 heterocycles. The van der Waals surface area contributed by atoms with E-state index in [1.807, 2.05) is 6.92 Å². The molecule has 1 aromatic carbocycles. The molecule has 19 heavy (non-hydrogen) atoms. The Labute approximate surface area is 114 Å². The Kier molecular flexibility index (Phi) is 2.84. The molecule has 3 nitrogen and oxygen atoms in total. The number of hydrogen-bond acceptors (Lipinski definition) is 3. The molecular weight excluding hydrogens is 262 g/mol. The van der Waals surface area contributed by atoms with Crippen LogP contribution in [0.1, 0.15) is 21.8 Å². The summed E-state index contributed by atoms with van der Waals surface area (Å²) in [5.41, 5.74) is 2.02. The number of aryl methyl sites for hydroxylation is 1. The fourth-order valence-electron chi connectivity index (χ4n) is 1.87. The van der Waals surface area contributed by atoms with Crippen LogP contribution >= 0.6 is 11.6 Å². The monoisotopic (exact) mass is 271 g/mol. The third kappa shape index (κ3) is 2.25. The summed E-state index contributed by atoms with van der Waals surface area (Å²) in [5.74, 6) is 0.114. The number of pyridine rings is 1. The van der Waals surface area contributed by atoms with Crippen molar-refractivity contribution in [1.29, 1.82) is 0 Å². The van der Waals surface area contributed by atoms with Crippen LogP contribution < -0.4 is 0 Å². The van der Waals surface area contributed by atoms with Gasteiger partial charge in [-0.3, -0.25) is 9.78 Å². The lowest BCUT2D eigenvalue weighted by Gasteiger charge is -1.97. The molecule has 0 N–H and O–H groups in total. The predicted molar refractivity (Wildman–Crippen MR) is 73.6 cm³/mol. The van der Waals surface area contributed by atoms with Gasteiger partial charge in [-0.15, -0.1) is 0 Å². The molecule has 4 heteroatoms. The number of halogens is 1. The van der Waals surface area contributed by atoms with Crippen LogP contribution in [0.5, 0.6) is 0 Å². The maximum atomic E-state index is 12.2. The number of ketones is 1. The summed E-state index contributed by atoms with van der Waals surface area (Å²) in [5, 5.41) is 1.43. The Bertz CT molecular complexity index is 759. The highest BCUT2D eigenvalue weighted by Gasteiger charge is 2.14. The van der Waals surface area contributed by atoms with Gasteiger partial charge in [0.15, 0.2) is 5.76 Å². The van der Waals surface area contributed by atoms with Crippen LogP contribution in [-0.2, 0) is 0 Å². The average molecular weight is 272 g/mol. The molecule has 94 valence electrons. The first-order chi connectivity index (χ1) is 9.13. The predicted octanol–water partition coefficient (Wildman–Crippen LogP) is 4.02. The summed E-state index contributed by atoms with van der Waals surface area (Å²) in [4.78, 5) is 16.4. The van der Waals surface area contributed by atoms with E-state index in [-0.39, 0.29) is 5.78 Å². The summed E-state index contributed by atoms with van der Waals surface area (Å²) in [6.45, 7) is 1.87. The van der Waals surface area contributed by atoms with Crippen LogP contribution in [0.25, 0.3) is 11.0 Å². The summed E-state index contributed by atoms with van der Waals surface area (Å²) >= 11 is 5.91. The van der Waals surface area contributed by atoms with Gasteiger partial charge in [-0.2, -0.15) is 0 Å². The van der Waals surface area contributed by atoms with Gasteiger partial charge in [0, 0.05) is 27.9 Å². The lowest BCUT2D eigenvalue weighted by Crippen LogP contribution is -2.00. The molecule has 0 radical (unpaired) electrons. The van der Waals surface area contributed by atoms with Gasteiger partial charge in [0.1, 0.15) is 5.58 Å². The van der Waals surface area contributed by atoms with E-state index in [1.54, 1.807) is 42.6 Å². The minimum absolute atomic E-state index is 0.181. The smallest absolute Gasteiger partial charge is 0.229 e. The molecular formula is C15H10ClNO2. The lowest BCUT2D eigenvalue weighted by molar-refractivity contribution is 0.101. The number of benzene rings is 1. The number of nitrogens with zero attached hydrogens (tertiary/aromatic N) is 1. The van der Waals surface area contributed by atoms with E-state index in [0.29, 0.717) is 21.9 Å². The fraction of sp³-hybridized carbons (Fsp3) is 0.0667. The first-order valence-electron chi connectivity index (χ1n) is 5.80. The van der Waals surface area contributed by atoms with Crippen LogP contribution in [0.4, 0.5) is 0 Å². The SMILES string of the molecule is Cc1ccc(C(=O)c2cc3cc(Cl)ccc3o2)cn1. The fourth-order valence-corrected chi connectivity index (χ4v) is 2.05. The van der Waals surface area contributed by atoms with Gasteiger partial charge in [-0.25, -0.2) is 0 Å². The molecule has 0 saturated heterocycles. The highest BCUT2D eigenvalue weighted by atomic mass is 35.5. The first-order valence-corrected chi connectivity index (χ1v) is 6.18. The van der Waals surface area contributed by atoms with E-state index >= 15 is 0 Å². The second kappa shape index (κ2) is 4.52. The van der Waals surface area contributed by atoms with Crippen molar-refractivity contribution in [2.75, 3.05) is 0 Å². The van der Waals surface area contributed by atoms with Crippen molar-refractivity contribution in [3.8, 4) is 0 Å². The van der Waals surface area contributed by atoms with Gasteiger partial charge in [0.25, 0.3) is 0 Å². The zero-order valence-corrected chi connectivity index (χ0v) is 10.9. The number of carbonyl (C=O) groups excluding carboxylic acids is 1. The minimum atomic E-state index is -0.181. The molecule has 0 saturated carbocycles. The number of fused-ring (bicyclic) bond motifs is 1. The summed E-state index contributed by atoms with van der Waals surface area (Å²) in [6.07, 6.45) is 1.55. The van der Waals surface area contributed by atoms with Gasteiger partial charge in [-0.1, -0.05) is 11.6 Å². The third-order valence-electron chi connectivity index (χ3n) is 2.88. The number of rotatable bonds is 2. The normalized spacial score (nSPS) is 10.8. The van der Waals surface area contributed by atoms with Crippen LogP contribution in [0.3, 0.4) is 0 Å². The molecule has 0 aliphatic rings. The third-order valence-corrected chi connectivity index (χ3v) is 3.11. The van der Waals surface area contributed by atoms with Crippen LogP contribution in [0.2, 0.25) is 5.02 Å². The maximum absolute atomic E-state index is 12.2. The van der Waals surface area contributed by atoms with Gasteiger partial charge in [0.05, 0.1) is 0 Å². The Morgan fingerprint density at radius 3 is 2.79 bits per heavy atom. The second-order valence-corrected chi connectivity index (χ2v) is 4.75. The van der Waals surface area contributed by atoms with Gasteiger partial charge in [-0.05, 0) is 43.3 Å². The lowest BCUT2D eigenvalue weighted by atomic mass is 10.1. The van der Waals surface area contributed by atoms with Gasteiger partial charge >= 0.3 is 0 Å². The van der Waals surface area contributed by atoms with E-state index in [1.165, 1.54) is 0 Å². The van der Waals surface area contributed by atoms with E-state index < -0.39 is 0 Å². The summed E-state index contributed by atoms with van der Waals surface area (Å²) in [6, 6.07) is 10.5. The molecule has 0 unspecified atom stereocenters.